The third-order valence-corrected chi connectivity index (χ3v) is 2.52. The maximum absolute atomic E-state index is 11.6. The van der Waals surface area contributed by atoms with Gasteiger partial charge < -0.3 is 21.5 Å². The summed E-state index contributed by atoms with van der Waals surface area (Å²) in [5.74, 6) is -0.442. The first-order valence-electron chi connectivity index (χ1n) is 6.09. The van der Waals surface area contributed by atoms with Crippen LogP contribution in [0.5, 0.6) is 0 Å². The van der Waals surface area contributed by atoms with Gasteiger partial charge in [-0.15, -0.1) is 0 Å². The molecular formula is C13H19N3O3. The lowest BCUT2D eigenvalue weighted by Gasteiger charge is -2.11. The number of benzene rings is 1. The van der Waals surface area contributed by atoms with Crippen LogP contribution in [0.15, 0.2) is 30.3 Å². The normalized spacial score (nSPS) is 11.6. The van der Waals surface area contributed by atoms with Crippen molar-refractivity contribution in [1.82, 2.24) is 5.32 Å². The Morgan fingerprint density at radius 3 is 2.58 bits per heavy atom. The number of nitrogens with one attached hydrogen (secondary N) is 1. The van der Waals surface area contributed by atoms with Gasteiger partial charge in [-0.25, -0.2) is 4.79 Å². The maximum Gasteiger partial charge on any atom is 0.323 e. The van der Waals surface area contributed by atoms with E-state index in [4.69, 9.17) is 16.2 Å². The van der Waals surface area contributed by atoms with Crippen LogP contribution in [-0.4, -0.2) is 24.6 Å². The number of hydrogen-bond donors (Lipinski definition) is 3. The fourth-order valence-electron chi connectivity index (χ4n) is 1.49. The summed E-state index contributed by atoms with van der Waals surface area (Å²) >= 11 is 0. The predicted octanol–water partition coefficient (Wildman–Crippen LogP) is 0.506. The van der Waals surface area contributed by atoms with Gasteiger partial charge in [-0.05, 0) is 18.4 Å². The third-order valence-electron chi connectivity index (χ3n) is 2.52. The number of hydrogen-bond acceptors (Lipinski definition) is 4. The summed E-state index contributed by atoms with van der Waals surface area (Å²) in [5.41, 5.74) is 11.5. The lowest BCUT2D eigenvalue weighted by atomic mass is 10.1. The second kappa shape index (κ2) is 8.10. The van der Waals surface area contributed by atoms with E-state index in [0.717, 1.165) is 5.56 Å². The fraction of sp³-hybridized carbons (Fsp3) is 0.385. The Hall–Kier alpha value is -2.08. The molecule has 2 amide bonds. The number of esters is 1. The zero-order chi connectivity index (χ0) is 14.1. The number of amides is 2. The summed E-state index contributed by atoms with van der Waals surface area (Å²) < 4.78 is 5.09. The Labute approximate surface area is 112 Å². The molecule has 1 atom stereocenters. The van der Waals surface area contributed by atoms with Crippen molar-refractivity contribution in [2.24, 2.45) is 11.5 Å². The molecule has 0 spiro atoms. The molecule has 1 rings (SSSR count). The zero-order valence-electron chi connectivity index (χ0n) is 10.7. The molecule has 0 saturated heterocycles. The van der Waals surface area contributed by atoms with Crippen LogP contribution >= 0.6 is 0 Å². The molecule has 5 N–H and O–H groups in total. The fourth-order valence-corrected chi connectivity index (χ4v) is 1.49. The highest BCUT2D eigenvalue weighted by Gasteiger charge is 2.14. The Balaban J connectivity index is 2.20. The molecule has 0 aliphatic carbocycles. The number of carbonyl (C=O) groups excluding carboxylic acids is 2. The Morgan fingerprint density at radius 1 is 1.26 bits per heavy atom. The van der Waals surface area contributed by atoms with Gasteiger partial charge in [-0.2, -0.15) is 0 Å². The molecule has 0 bridgehead atoms. The highest BCUT2D eigenvalue weighted by Crippen LogP contribution is 2.03. The summed E-state index contributed by atoms with van der Waals surface area (Å²) in [5, 5.41) is 2.43. The summed E-state index contributed by atoms with van der Waals surface area (Å²) in [6.07, 6.45) is 1.01. The van der Waals surface area contributed by atoms with Gasteiger partial charge in [-0.1, -0.05) is 30.3 Å². The van der Waals surface area contributed by atoms with Crippen LogP contribution in [0.3, 0.4) is 0 Å². The van der Waals surface area contributed by atoms with Crippen molar-refractivity contribution in [3.63, 3.8) is 0 Å². The summed E-state index contributed by atoms with van der Waals surface area (Å²) in [6, 6.07) is 8.11. The average molecular weight is 265 g/mol. The summed E-state index contributed by atoms with van der Waals surface area (Å²) in [7, 11) is 0. The van der Waals surface area contributed by atoms with Crippen LogP contribution in [0.2, 0.25) is 0 Å². The SMILES string of the molecule is NC(=O)NCCC[C@H](N)C(=O)OCc1ccccc1. The van der Waals surface area contributed by atoms with Crippen LogP contribution in [0.25, 0.3) is 0 Å². The van der Waals surface area contributed by atoms with Gasteiger partial charge in [0, 0.05) is 6.54 Å². The van der Waals surface area contributed by atoms with Gasteiger partial charge in [0.1, 0.15) is 12.6 Å². The van der Waals surface area contributed by atoms with E-state index in [1.807, 2.05) is 30.3 Å². The van der Waals surface area contributed by atoms with E-state index in [0.29, 0.717) is 19.4 Å². The summed E-state index contributed by atoms with van der Waals surface area (Å²) in [6.45, 7) is 0.613. The van der Waals surface area contributed by atoms with E-state index < -0.39 is 18.0 Å². The molecule has 1 aromatic carbocycles. The topological polar surface area (TPSA) is 107 Å². The minimum atomic E-state index is -0.682. The monoisotopic (exact) mass is 265 g/mol. The number of urea groups is 1. The van der Waals surface area contributed by atoms with E-state index in [1.165, 1.54) is 0 Å². The first-order chi connectivity index (χ1) is 9.09. The average Bonchev–Trinajstić information content (AvgIpc) is 2.41. The molecule has 19 heavy (non-hydrogen) atoms. The molecular weight excluding hydrogens is 246 g/mol. The molecule has 0 radical (unpaired) electrons. The Bertz CT molecular complexity index is 409. The van der Waals surface area contributed by atoms with Crippen LogP contribution < -0.4 is 16.8 Å². The van der Waals surface area contributed by atoms with Crippen molar-refractivity contribution in [3.8, 4) is 0 Å². The minimum absolute atomic E-state index is 0.215. The highest BCUT2D eigenvalue weighted by atomic mass is 16.5. The molecule has 1 aromatic rings. The quantitative estimate of drug-likeness (QED) is 0.493. The third kappa shape index (κ3) is 6.42. The molecule has 0 fully saturated rings. The van der Waals surface area contributed by atoms with Crippen molar-refractivity contribution >= 4 is 12.0 Å². The van der Waals surface area contributed by atoms with Gasteiger partial charge in [0.2, 0.25) is 0 Å². The van der Waals surface area contributed by atoms with E-state index in [2.05, 4.69) is 5.32 Å². The van der Waals surface area contributed by atoms with E-state index >= 15 is 0 Å². The van der Waals surface area contributed by atoms with Gasteiger partial charge in [-0.3, -0.25) is 4.79 Å². The second-order valence-electron chi connectivity index (χ2n) is 4.13. The van der Waals surface area contributed by atoms with Crippen LogP contribution in [0.4, 0.5) is 4.79 Å². The second-order valence-corrected chi connectivity index (χ2v) is 4.13. The minimum Gasteiger partial charge on any atom is -0.460 e. The van der Waals surface area contributed by atoms with Crippen LogP contribution in [0, 0.1) is 0 Å². The first kappa shape index (κ1) is 15.0. The molecule has 0 unspecified atom stereocenters. The number of rotatable bonds is 7. The van der Waals surface area contributed by atoms with Gasteiger partial charge >= 0.3 is 12.0 Å². The summed E-state index contributed by atoms with van der Waals surface area (Å²) in [4.78, 5) is 22.0. The van der Waals surface area contributed by atoms with Crippen molar-refractivity contribution < 1.29 is 14.3 Å². The molecule has 0 aliphatic rings. The van der Waals surface area contributed by atoms with E-state index in [9.17, 15) is 9.59 Å². The zero-order valence-corrected chi connectivity index (χ0v) is 10.7. The molecule has 0 saturated carbocycles. The van der Waals surface area contributed by atoms with Crippen molar-refractivity contribution in [2.45, 2.75) is 25.5 Å². The van der Waals surface area contributed by atoms with Crippen LogP contribution in [0.1, 0.15) is 18.4 Å². The molecule has 6 nitrogen and oxygen atoms in total. The predicted molar refractivity (Wildman–Crippen MR) is 71.0 cm³/mol. The molecule has 0 heterocycles. The maximum atomic E-state index is 11.6. The highest BCUT2D eigenvalue weighted by molar-refractivity contribution is 5.75. The smallest absolute Gasteiger partial charge is 0.323 e. The van der Waals surface area contributed by atoms with Crippen molar-refractivity contribution in [3.05, 3.63) is 35.9 Å². The largest absolute Gasteiger partial charge is 0.460 e. The lowest BCUT2D eigenvalue weighted by molar-refractivity contribution is -0.146. The molecule has 0 aliphatic heterocycles. The van der Waals surface area contributed by atoms with E-state index in [1.54, 1.807) is 0 Å². The van der Waals surface area contributed by atoms with Crippen LogP contribution in [-0.2, 0) is 16.1 Å². The number of primary amides is 1. The molecule has 104 valence electrons. The molecule has 6 heteroatoms. The number of carbonyl (C=O) groups is 2. The van der Waals surface area contributed by atoms with Crippen molar-refractivity contribution in [1.29, 1.82) is 0 Å². The lowest BCUT2D eigenvalue weighted by Crippen LogP contribution is -2.34. The Kier molecular flexibility index (Phi) is 6.38. The van der Waals surface area contributed by atoms with E-state index in [-0.39, 0.29) is 6.61 Å². The van der Waals surface area contributed by atoms with Gasteiger partial charge in [0.15, 0.2) is 0 Å². The van der Waals surface area contributed by atoms with Gasteiger partial charge in [0.25, 0.3) is 0 Å². The number of nitrogens with two attached hydrogens (primary N) is 2. The van der Waals surface area contributed by atoms with Crippen molar-refractivity contribution in [2.75, 3.05) is 6.54 Å². The standard InChI is InChI=1S/C13H19N3O3/c14-11(7-4-8-16-13(15)18)12(17)19-9-10-5-2-1-3-6-10/h1-3,5-6,11H,4,7-9,14H2,(H3,15,16,18)/t11-/m0/s1. The Morgan fingerprint density at radius 2 is 1.95 bits per heavy atom. The van der Waals surface area contributed by atoms with Gasteiger partial charge in [0.05, 0.1) is 0 Å². The first-order valence-corrected chi connectivity index (χ1v) is 6.09. The number of ether oxygens (including phenoxy) is 1. The molecule has 0 aromatic heterocycles.